The third-order valence-electron chi connectivity index (χ3n) is 3.10. The Kier molecular flexibility index (Phi) is 3.32. The Balaban J connectivity index is 2.09. The van der Waals surface area contributed by atoms with E-state index in [-0.39, 0.29) is 0 Å². The van der Waals surface area contributed by atoms with Gasteiger partial charge in [0.25, 0.3) is 0 Å². The summed E-state index contributed by atoms with van der Waals surface area (Å²) in [7, 11) is 0. The van der Waals surface area contributed by atoms with Crippen LogP contribution in [0, 0.1) is 13.8 Å². The van der Waals surface area contributed by atoms with Crippen molar-refractivity contribution in [3.05, 3.63) is 54.0 Å². The second-order valence-electron chi connectivity index (χ2n) is 4.80. The summed E-state index contributed by atoms with van der Waals surface area (Å²) in [5, 5.41) is 3.10. The minimum atomic E-state index is 0.778. The van der Waals surface area contributed by atoms with Crippen molar-refractivity contribution in [1.82, 2.24) is 9.97 Å². The second kappa shape index (κ2) is 5.13. The molecule has 0 aliphatic carbocycles. The summed E-state index contributed by atoms with van der Waals surface area (Å²) in [6.07, 6.45) is 3.62. The van der Waals surface area contributed by atoms with E-state index in [2.05, 4.69) is 29.0 Å². The number of hydrogen-bond acceptors (Lipinski definition) is 4. The molecule has 2 heterocycles. The Morgan fingerprint density at radius 3 is 2.70 bits per heavy atom. The predicted octanol–water partition coefficient (Wildman–Crippen LogP) is 3.98. The molecule has 1 aromatic carbocycles. The zero-order valence-electron chi connectivity index (χ0n) is 11.4. The Labute approximate surface area is 122 Å². The molecule has 2 aromatic heterocycles. The number of pyridine rings is 2. The summed E-state index contributed by atoms with van der Waals surface area (Å²) in [4.78, 5) is 9.90. The number of anilines is 1. The predicted molar refractivity (Wildman–Crippen MR) is 84.0 cm³/mol. The first-order valence-electron chi connectivity index (χ1n) is 6.39. The van der Waals surface area contributed by atoms with Gasteiger partial charge in [0.1, 0.15) is 5.03 Å². The zero-order chi connectivity index (χ0) is 14.1. The number of nitrogens with zero attached hydrogens (tertiary/aromatic N) is 2. The number of rotatable bonds is 2. The lowest BCUT2D eigenvalue weighted by Gasteiger charge is -2.08. The normalized spacial score (nSPS) is 10.9. The van der Waals surface area contributed by atoms with Crippen LogP contribution in [0.4, 0.5) is 5.69 Å². The lowest BCUT2D eigenvalue weighted by Crippen LogP contribution is -1.90. The molecule has 0 radical (unpaired) electrons. The van der Waals surface area contributed by atoms with E-state index >= 15 is 0 Å². The molecule has 100 valence electrons. The molecule has 0 spiro atoms. The van der Waals surface area contributed by atoms with Crippen molar-refractivity contribution < 1.29 is 0 Å². The Morgan fingerprint density at radius 2 is 1.90 bits per heavy atom. The fourth-order valence-electron chi connectivity index (χ4n) is 2.25. The Morgan fingerprint density at radius 1 is 1.05 bits per heavy atom. The van der Waals surface area contributed by atoms with Gasteiger partial charge in [0.05, 0.1) is 0 Å². The molecular weight excluding hydrogens is 266 g/mol. The lowest BCUT2D eigenvalue weighted by molar-refractivity contribution is 1.05. The van der Waals surface area contributed by atoms with Crippen molar-refractivity contribution in [3.63, 3.8) is 0 Å². The van der Waals surface area contributed by atoms with Gasteiger partial charge in [-0.25, -0.2) is 4.98 Å². The smallest absolute Gasteiger partial charge is 0.101 e. The van der Waals surface area contributed by atoms with Crippen LogP contribution in [0.5, 0.6) is 0 Å². The van der Waals surface area contributed by atoms with Gasteiger partial charge in [-0.2, -0.15) is 0 Å². The zero-order valence-corrected chi connectivity index (χ0v) is 12.2. The van der Waals surface area contributed by atoms with Gasteiger partial charge in [0.15, 0.2) is 0 Å². The van der Waals surface area contributed by atoms with E-state index in [1.54, 1.807) is 18.0 Å². The fourth-order valence-corrected chi connectivity index (χ4v) is 3.31. The van der Waals surface area contributed by atoms with E-state index in [1.807, 2.05) is 31.3 Å². The molecule has 0 aliphatic heterocycles. The minimum Gasteiger partial charge on any atom is -0.398 e. The van der Waals surface area contributed by atoms with Crippen LogP contribution in [0.2, 0.25) is 0 Å². The molecule has 4 heteroatoms. The number of fused-ring (bicyclic) bond motifs is 1. The minimum absolute atomic E-state index is 0.778. The average Bonchev–Trinajstić information content (AvgIpc) is 2.41. The van der Waals surface area contributed by atoms with Crippen molar-refractivity contribution in [1.29, 1.82) is 0 Å². The topological polar surface area (TPSA) is 51.8 Å². The molecule has 0 saturated carbocycles. The largest absolute Gasteiger partial charge is 0.398 e. The van der Waals surface area contributed by atoms with Crippen molar-refractivity contribution >= 4 is 28.2 Å². The third-order valence-corrected chi connectivity index (χ3v) is 4.09. The molecule has 2 N–H and O–H groups in total. The molecule has 0 amide bonds. The first-order valence-corrected chi connectivity index (χ1v) is 7.20. The van der Waals surface area contributed by atoms with Crippen LogP contribution in [-0.4, -0.2) is 9.97 Å². The SMILES string of the molecule is Cc1cc(C)nc(Sc2ccc(N)c3ccncc23)c1. The number of nitrogen functional groups attached to an aromatic ring is 1. The molecule has 20 heavy (non-hydrogen) atoms. The summed E-state index contributed by atoms with van der Waals surface area (Å²) in [6.45, 7) is 4.10. The first-order chi connectivity index (χ1) is 9.63. The molecule has 0 atom stereocenters. The highest BCUT2D eigenvalue weighted by molar-refractivity contribution is 7.99. The monoisotopic (exact) mass is 281 g/mol. The van der Waals surface area contributed by atoms with Crippen LogP contribution >= 0.6 is 11.8 Å². The maximum absolute atomic E-state index is 6.01. The Bertz CT molecular complexity index is 764. The summed E-state index contributed by atoms with van der Waals surface area (Å²) in [5.41, 5.74) is 9.04. The molecule has 0 unspecified atom stereocenters. The van der Waals surface area contributed by atoms with Gasteiger partial charge in [-0.15, -0.1) is 0 Å². The summed E-state index contributed by atoms with van der Waals surface area (Å²) >= 11 is 1.65. The van der Waals surface area contributed by atoms with Gasteiger partial charge in [-0.3, -0.25) is 4.98 Å². The van der Waals surface area contributed by atoms with Gasteiger partial charge < -0.3 is 5.73 Å². The van der Waals surface area contributed by atoms with Gasteiger partial charge in [-0.1, -0.05) is 11.8 Å². The highest BCUT2D eigenvalue weighted by Crippen LogP contribution is 2.34. The van der Waals surface area contributed by atoms with Crippen molar-refractivity contribution in [2.45, 2.75) is 23.8 Å². The van der Waals surface area contributed by atoms with E-state index in [0.29, 0.717) is 0 Å². The van der Waals surface area contributed by atoms with Gasteiger partial charge >= 0.3 is 0 Å². The van der Waals surface area contributed by atoms with E-state index in [0.717, 1.165) is 32.1 Å². The highest BCUT2D eigenvalue weighted by Gasteiger charge is 2.07. The number of aryl methyl sites for hydroxylation is 2. The standard InChI is InChI=1S/C16H15N3S/c1-10-7-11(2)19-16(8-10)20-15-4-3-14(17)12-5-6-18-9-13(12)15/h3-9H,17H2,1-2H3. The number of hydrogen-bond donors (Lipinski definition) is 1. The molecule has 0 fully saturated rings. The van der Waals surface area contributed by atoms with Crippen molar-refractivity contribution in [2.24, 2.45) is 0 Å². The van der Waals surface area contributed by atoms with Crippen LogP contribution < -0.4 is 5.73 Å². The quantitative estimate of drug-likeness (QED) is 0.722. The van der Waals surface area contributed by atoms with E-state index in [9.17, 15) is 0 Å². The third kappa shape index (κ3) is 2.47. The van der Waals surface area contributed by atoms with E-state index in [4.69, 9.17) is 5.73 Å². The summed E-state index contributed by atoms with van der Waals surface area (Å²) in [6, 6.07) is 10.1. The molecule has 0 saturated heterocycles. The van der Waals surface area contributed by atoms with Crippen molar-refractivity contribution in [3.8, 4) is 0 Å². The number of nitrogens with two attached hydrogens (primary N) is 1. The maximum Gasteiger partial charge on any atom is 0.101 e. The molecule has 3 aromatic rings. The van der Waals surface area contributed by atoms with Crippen LogP contribution in [0.3, 0.4) is 0 Å². The molecular formula is C16H15N3S. The molecule has 3 nitrogen and oxygen atoms in total. The first kappa shape index (κ1) is 12.9. The van der Waals surface area contributed by atoms with Crippen LogP contribution in [0.15, 0.2) is 52.6 Å². The molecule has 0 bridgehead atoms. The van der Waals surface area contributed by atoms with Crippen LogP contribution in [0.1, 0.15) is 11.3 Å². The van der Waals surface area contributed by atoms with Crippen LogP contribution in [-0.2, 0) is 0 Å². The molecule has 3 rings (SSSR count). The van der Waals surface area contributed by atoms with E-state index < -0.39 is 0 Å². The lowest BCUT2D eigenvalue weighted by atomic mass is 10.1. The van der Waals surface area contributed by atoms with Crippen molar-refractivity contribution in [2.75, 3.05) is 5.73 Å². The summed E-state index contributed by atoms with van der Waals surface area (Å²) < 4.78 is 0. The second-order valence-corrected chi connectivity index (χ2v) is 5.86. The highest BCUT2D eigenvalue weighted by atomic mass is 32.2. The van der Waals surface area contributed by atoms with E-state index in [1.165, 1.54) is 5.56 Å². The Hall–Kier alpha value is -2.07. The van der Waals surface area contributed by atoms with Gasteiger partial charge in [0.2, 0.25) is 0 Å². The maximum atomic E-state index is 6.01. The molecule has 0 aliphatic rings. The van der Waals surface area contributed by atoms with Gasteiger partial charge in [0, 0.05) is 39.4 Å². The van der Waals surface area contributed by atoms with Gasteiger partial charge in [-0.05, 0) is 49.7 Å². The fraction of sp³-hybridized carbons (Fsp3) is 0.125. The number of benzene rings is 1. The number of aromatic nitrogens is 2. The van der Waals surface area contributed by atoms with Crippen LogP contribution in [0.25, 0.3) is 10.8 Å². The summed E-state index contributed by atoms with van der Waals surface area (Å²) in [5.74, 6) is 0. The average molecular weight is 281 g/mol.